The second-order valence-electron chi connectivity index (χ2n) is 4.55. The molecule has 0 radical (unpaired) electrons. The van der Waals surface area contributed by atoms with Crippen LogP contribution < -0.4 is 10.6 Å². The van der Waals surface area contributed by atoms with Gasteiger partial charge in [0.1, 0.15) is 0 Å². The number of halogens is 1. The van der Waals surface area contributed by atoms with Gasteiger partial charge in [-0.1, -0.05) is 23.7 Å². The van der Waals surface area contributed by atoms with Gasteiger partial charge in [0, 0.05) is 10.4 Å². The number of carbonyl (C=O) groups is 1. The first kappa shape index (κ1) is 13.9. The van der Waals surface area contributed by atoms with Crippen molar-refractivity contribution < 1.29 is 4.79 Å². The monoisotopic (exact) mass is 316 g/mol. The molecule has 3 aromatic rings. The van der Waals surface area contributed by atoms with Crippen LogP contribution in [0.2, 0.25) is 5.02 Å². The number of amides is 1. The number of hydrogen-bond acceptors (Lipinski definition) is 3. The molecule has 21 heavy (non-hydrogen) atoms. The van der Waals surface area contributed by atoms with Crippen LogP contribution >= 0.6 is 22.9 Å². The van der Waals surface area contributed by atoms with Crippen molar-refractivity contribution in [1.29, 1.82) is 0 Å². The van der Waals surface area contributed by atoms with Crippen LogP contribution in [0.1, 0.15) is 0 Å². The minimum absolute atomic E-state index is 0.107. The molecular weight excluding hydrogens is 304 g/mol. The number of carbonyl (C=O) groups excluding carboxylic acids is 1. The maximum atomic E-state index is 12.0. The van der Waals surface area contributed by atoms with Crippen LogP contribution in [0.5, 0.6) is 0 Å². The van der Waals surface area contributed by atoms with Gasteiger partial charge >= 0.3 is 0 Å². The van der Waals surface area contributed by atoms with E-state index in [1.54, 1.807) is 17.4 Å². The standard InChI is InChI=1S/C16H13ClN2OS/c17-13-3-1-2-4-14(13)18-10-16(20)19-12-5-6-15-11(9-12)7-8-21-15/h1-9,18H,10H2,(H,19,20). The molecule has 0 saturated carbocycles. The Morgan fingerprint density at radius 1 is 1.14 bits per heavy atom. The Morgan fingerprint density at radius 2 is 2.00 bits per heavy atom. The number of nitrogens with one attached hydrogen (secondary N) is 2. The minimum atomic E-state index is -0.107. The molecule has 0 spiro atoms. The van der Waals surface area contributed by atoms with E-state index in [1.165, 1.54) is 4.70 Å². The predicted octanol–water partition coefficient (Wildman–Crippen LogP) is 4.61. The third-order valence-corrected chi connectivity index (χ3v) is 4.28. The van der Waals surface area contributed by atoms with E-state index in [1.807, 2.05) is 47.8 Å². The first-order valence-corrected chi connectivity index (χ1v) is 7.74. The number of fused-ring (bicyclic) bond motifs is 1. The van der Waals surface area contributed by atoms with E-state index in [-0.39, 0.29) is 12.5 Å². The van der Waals surface area contributed by atoms with Gasteiger partial charge in [-0.3, -0.25) is 4.79 Å². The summed E-state index contributed by atoms with van der Waals surface area (Å²) in [5.74, 6) is -0.107. The minimum Gasteiger partial charge on any atom is -0.375 e. The zero-order valence-electron chi connectivity index (χ0n) is 11.1. The highest BCUT2D eigenvalue weighted by Gasteiger charge is 2.05. The molecule has 0 aliphatic rings. The summed E-state index contributed by atoms with van der Waals surface area (Å²) in [6.07, 6.45) is 0. The lowest BCUT2D eigenvalue weighted by molar-refractivity contribution is -0.114. The lowest BCUT2D eigenvalue weighted by Crippen LogP contribution is -2.21. The molecule has 0 unspecified atom stereocenters. The lowest BCUT2D eigenvalue weighted by Gasteiger charge is -2.09. The number of rotatable bonds is 4. The molecule has 106 valence electrons. The van der Waals surface area contributed by atoms with Crippen molar-refractivity contribution in [2.45, 2.75) is 0 Å². The fraction of sp³-hybridized carbons (Fsp3) is 0.0625. The fourth-order valence-electron chi connectivity index (χ4n) is 2.03. The third-order valence-electron chi connectivity index (χ3n) is 3.05. The predicted molar refractivity (Wildman–Crippen MR) is 90.4 cm³/mol. The highest BCUT2D eigenvalue weighted by molar-refractivity contribution is 7.17. The molecule has 1 amide bonds. The van der Waals surface area contributed by atoms with Crippen molar-refractivity contribution in [3.05, 3.63) is 58.9 Å². The second-order valence-corrected chi connectivity index (χ2v) is 5.91. The van der Waals surface area contributed by atoms with Crippen molar-refractivity contribution in [2.24, 2.45) is 0 Å². The average Bonchev–Trinajstić information content (AvgIpc) is 2.94. The Morgan fingerprint density at radius 3 is 2.86 bits per heavy atom. The quantitative estimate of drug-likeness (QED) is 0.738. The summed E-state index contributed by atoms with van der Waals surface area (Å²) < 4.78 is 1.21. The first-order chi connectivity index (χ1) is 10.2. The van der Waals surface area contributed by atoms with Crippen LogP contribution in [-0.4, -0.2) is 12.5 Å². The van der Waals surface area contributed by atoms with Crippen LogP contribution in [0.3, 0.4) is 0 Å². The number of hydrogen-bond donors (Lipinski definition) is 2. The topological polar surface area (TPSA) is 41.1 Å². The van der Waals surface area contributed by atoms with E-state index in [9.17, 15) is 4.79 Å². The summed E-state index contributed by atoms with van der Waals surface area (Å²) in [5, 5.41) is 9.67. The second kappa shape index (κ2) is 6.16. The molecule has 0 aliphatic carbocycles. The third kappa shape index (κ3) is 3.35. The summed E-state index contributed by atoms with van der Waals surface area (Å²) in [6, 6.07) is 15.3. The van der Waals surface area contributed by atoms with Gasteiger partial charge in [0.25, 0.3) is 0 Å². The molecule has 5 heteroatoms. The van der Waals surface area contributed by atoms with Gasteiger partial charge in [0.05, 0.1) is 17.3 Å². The van der Waals surface area contributed by atoms with E-state index < -0.39 is 0 Å². The molecule has 0 fully saturated rings. The Kier molecular flexibility index (Phi) is 4.08. The van der Waals surface area contributed by atoms with Gasteiger partial charge in [0.15, 0.2) is 0 Å². The molecule has 3 rings (SSSR count). The Labute approximate surface area is 131 Å². The van der Waals surface area contributed by atoms with E-state index >= 15 is 0 Å². The summed E-state index contributed by atoms with van der Waals surface area (Å²) in [5.41, 5.74) is 1.55. The highest BCUT2D eigenvalue weighted by atomic mass is 35.5. The van der Waals surface area contributed by atoms with Crippen LogP contribution in [0.25, 0.3) is 10.1 Å². The summed E-state index contributed by atoms with van der Waals surface area (Å²) in [7, 11) is 0. The number of thiophene rings is 1. The van der Waals surface area contributed by atoms with E-state index in [0.717, 1.165) is 16.8 Å². The van der Waals surface area contributed by atoms with Crippen LogP contribution in [0.4, 0.5) is 11.4 Å². The molecule has 2 N–H and O–H groups in total. The first-order valence-electron chi connectivity index (χ1n) is 6.48. The summed E-state index contributed by atoms with van der Waals surface area (Å²) in [6.45, 7) is 0.172. The van der Waals surface area contributed by atoms with Crippen LogP contribution in [0, 0.1) is 0 Å². The maximum absolute atomic E-state index is 12.0. The Bertz CT molecular complexity index is 785. The average molecular weight is 317 g/mol. The van der Waals surface area contributed by atoms with Crippen LogP contribution in [-0.2, 0) is 4.79 Å². The molecule has 0 saturated heterocycles. The number of para-hydroxylation sites is 1. The van der Waals surface area contributed by atoms with Crippen molar-refractivity contribution in [1.82, 2.24) is 0 Å². The molecular formula is C16H13ClN2OS. The molecule has 0 bridgehead atoms. The van der Waals surface area contributed by atoms with Crippen LogP contribution in [0.15, 0.2) is 53.9 Å². The molecule has 1 heterocycles. The largest absolute Gasteiger partial charge is 0.375 e. The molecule has 1 aromatic heterocycles. The molecule has 2 aromatic carbocycles. The normalized spacial score (nSPS) is 10.5. The van der Waals surface area contributed by atoms with E-state index in [4.69, 9.17) is 11.6 Å². The van der Waals surface area contributed by atoms with Crippen molar-refractivity contribution >= 4 is 50.3 Å². The Balaban J connectivity index is 1.62. The number of anilines is 2. The van der Waals surface area contributed by atoms with Gasteiger partial charge in [-0.25, -0.2) is 0 Å². The SMILES string of the molecule is O=C(CNc1ccccc1Cl)Nc1ccc2sccc2c1. The summed E-state index contributed by atoms with van der Waals surface area (Å²) in [4.78, 5) is 12.0. The van der Waals surface area contributed by atoms with E-state index in [2.05, 4.69) is 10.6 Å². The van der Waals surface area contributed by atoms with E-state index in [0.29, 0.717) is 5.02 Å². The fourth-order valence-corrected chi connectivity index (χ4v) is 3.00. The summed E-state index contributed by atoms with van der Waals surface area (Å²) >= 11 is 7.71. The Hall–Kier alpha value is -2.04. The van der Waals surface area contributed by atoms with Crippen molar-refractivity contribution in [3.63, 3.8) is 0 Å². The zero-order chi connectivity index (χ0) is 14.7. The van der Waals surface area contributed by atoms with Crippen molar-refractivity contribution in [3.8, 4) is 0 Å². The number of benzene rings is 2. The van der Waals surface area contributed by atoms with Gasteiger partial charge in [-0.15, -0.1) is 11.3 Å². The van der Waals surface area contributed by atoms with Gasteiger partial charge in [-0.2, -0.15) is 0 Å². The van der Waals surface area contributed by atoms with Gasteiger partial charge in [-0.05, 0) is 47.2 Å². The lowest BCUT2D eigenvalue weighted by atomic mass is 10.2. The maximum Gasteiger partial charge on any atom is 0.243 e. The smallest absolute Gasteiger partial charge is 0.243 e. The molecule has 0 aliphatic heterocycles. The van der Waals surface area contributed by atoms with Gasteiger partial charge in [0.2, 0.25) is 5.91 Å². The molecule has 0 atom stereocenters. The zero-order valence-corrected chi connectivity index (χ0v) is 12.7. The van der Waals surface area contributed by atoms with Crippen molar-refractivity contribution in [2.75, 3.05) is 17.2 Å². The van der Waals surface area contributed by atoms with Gasteiger partial charge < -0.3 is 10.6 Å². The highest BCUT2D eigenvalue weighted by Crippen LogP contribution is 2.24. The molecule has 3 nitrogen and oxygen atoms in total.